The molecule has 10 heteroatoms. The molecule has 10 nitrogen and oxygen atoms in total. The topological polar surface area (TPSA) is 147 Å². The minimum absolute atomic E-state index is 0.110. The number of methoxy groups -OCH3 is 1. The third-order valence-electron chi connectivity index (χ3n) is 5.71. The summed E-state index contributed by atoms with van der Waals surface area (Å²) in [5.41, 5.74) is 7.53. The lowest BCUT2D eigenvalue weighted by molar-refractivity contribution is -0.120. The monoisotopic (exact) mass is 508 g/mol. The van der Waals surface area contributed by atoms with Gasteiger partial charge in [0.15, 0.2) is 11.4 Å². The van der Waals surface area contributed by atoms with Crippen LogP contribution in [0.5, 0.6) is 0 Å². The van der Waals surface area contributed by atoms with Crippen LogP contribution < -0.4 is 16.6 Å². The zero-order chi connectivity index (χ0) is 26.9. The van der Waals surface area contributed by atoms with Gasteiger partial charge in [-0.1, -0.05) is 38.1 Å². The number of allylic oxidation sites excluding steroid dienone is 1. The number of nitrogens with one attached hydrogen (secondary N) is 1. The molecule has 0 fully saturated rings. The second-order valence-electron chi connectivity index (χ2n) is 9.15. The first-order chi connectivity index (χ1) is 17.7. The number of nitrogens with zero attached hydrogens (tertiary/aromatic N) is 2. The molecule has 0 aliphatic carbocycles. The average Bonchev–Trinajstić information content (AvgIpc) is 3.26. The Morgan fingerprint density at radius 1 is 1.19 bits per heavy atom. The second kappa shape index (κ2) is 12.7. The predicted molar refractivity (Wildman–Crippen MR) is 138 cm³/mol. The molecule has 0 saturated heterocycles. The zero-order valence-electron chi connectivity index (χ0n) is 21.2. The number of amides is 2. The van der Waals surface area contributed by atoms with Crippen molar-refractivity contribution in [3.8, 4) is 0 Å². The van der Waals surface area contributed by atoms with Gasteiger partial charge in [0.05, 0.1) is 13.2 Å². The molecule has 0 unspecified atom stereocenters. The van der Waals surface area contributed by atoms with E-state index in [1.165, 1.54) is 23.8 Å². The molecule has 3 N–H and O–H groups in total. The minimum atomic E-state index is -0.908. The minimum Gasteiger partial charge on any atom is -0.453 e. The van der Waals surface area contributed by atoms with Crippen molar-refractivity contribution in [2.24, 2.45) is 11.7 Å². The fourth-order valence-electron chi connectivity index (χ4n) is 4.00. The summed E-state index contributed by atoms with van der Waals surface area (Å²) in [4.78, 5) is 53.4. The van der Waals surface area contributed by atoms with Gasteiger partial charge < -0.3 is 24.8 Å². The van der Waals surface area contributed by atoms with E-state index in [-0.39, 0.29) is 36.3 Å². The third-order valence-corrected chi connectivity index (χ3v) is 5.71. The van der Waals surface area contributed by atoms with Crippen molar-refractivity contribution >= 4 is 28.9 Å². The van der Waals surface area contributed by atoms with Crippen LogP contribution in [0.15, 0.2) is 57.9 Å². The number of ether oxygens (including phenoxy) is 1. The second-order valence-corrected chi connectivity index (χ2v) is 9.15. The number of nitrogens with two attached hydrogens (primary N) is 1. The molecule has 1 aromatic carbocycles. The smallest absolute Gasteiger partial charge is 0.407 e. The SMILES string of the molecule is COC(=O)N[C@@H](CC/C=C/C(N)=O)C(=O)Cc1cccn(Cc2nc3c(CC(C)C)cccc3o2)c1=O. The van der Waals surface area contributed by atoms with E-state index in [9.17, 15) is 19.2 Å². The Hall–Kier alpha value is -4.21. The number of carbonyl (C=O) groups excluding carboxylic acids is 3. The summed E-state index contributed by atoms with van der Waals surface area (Å²) in [7, 11) is 1.19. The first kappa shape index (κ1) is 27.4. The van der Waals surface area contributed by atoms with E-state index in [4.69, 9.17) is 10.2 Å². The summed E-state index contributed by atoms with van der Waals surface area (Å²) < 4.78 is 11.9. The van der Waals surface area contributed by atoms with Gasteiger partial charge in [-0.05, 0) is 49.0 Å². The van der Waals surface area contributed by atoms with Crippen LogP contribution in [-0.2, 0) is 33.7 Å². The van der Waals surface area contributed by atoms with Gasteiger partial charge in [-0.3, -0.25) is 14.4 Å². The van der Waals surface area contributed by atoms with E-state index in [1.807, 2.05) is 18.2 Å². The van der Waals surface area contributed by atoms with E-state index >= 15 is 0 Å². The fraction of sp³-hybridized carbons (Fsp3) is 0.370. The molecular weight excluding hydrogens is 476 g/mol. The number of primary amides is 1. The van der Waals surface area contributed by atoms with Gasteiger partial charge in [0, 0.05) is 18.2 Å². The van der Waals surface area contributed by atoms with Gasteiger partial charge in [-0.25, -0.2) is 9.78 Å². The molecule has 196 valence electrons. The Kier molecular flexibility index (Phi) is 9.37. The van der Waals surface area contributed by atoms with Crippen LogP contribution >= 0.6 is 0 Å². The lowest BCUT2D eigenvalue weighted by atomic mass is 10.0. The lowest BCUT2D eigenvalue weighted by Gasteiger charge is -2.16. The molecule has 3 aromatic rings. The van der Waals surface area contributed by atoms with Gasteiger partial charge in [-0.2, -0.15) is 0 Å². The van der Waals surface area contributed by atoms with Gasteiger partial charge in [0.2, 0.25) is 11.8 Å². The number of hydrogen-bond donors (Lipinski definition) is 2. The summed E-state index contributed by atoms with van der Waals surface area (Å²) in [6.45, 7) is 4.38. The van der Waals surface area contributed by atoms with Crippen molar-refractivity contribution in [2.45, 2.75) is 52.1 Å². The van der Waals surface area contributed by atoms with E-state index in [0.29, 0.717) is 23.8 Å². The van der Waals surface area contributed by atoms with E-state index < -0.39 is 18.0 Å². The Morgan fingerprint density at radius 3 is 2.65 bits per heavy atom. The number of Topliss-reactive ketones (excluding diaryl/α,β-unsaturated/α-hetero) is 1. The highest BCUT2D eigenvalue weighted by Gasteiger charge is 2.22. The quantitative estimate of drug-likeness (QED) is 0.358. The summed E-state index contributed by atoms with van der Waals surface area (Å²) >= 11 is 0. The van der Waals surface area contributed by atoms with Gasteiger partial charge in [0.1, 0.15) is 12.1 Å². The van der Waals surface area contributed by atoms with E-state index in [0.717, 1.165) is 17.5 Å². The van der Waals surface area contributed by atoms with Gasteiger partial charge in [0.25, 0.3) is 5.56 Å². The predicted octanol–water partition coefficient (Wildman–Crippen LogP) is 2.89. The van der Waals surface area contributed by atoms with Crippen molar-refractivity contribution in [1.29, 1.82) is 0 Å². The number of alkyl carbamates (subject to hydrolysis) is 1. The number of benzene rings is 1. The molecule has 1 atom stereocenters. The number of oxazole rings is 1. The van der Waals surface area contributed by atoms with Gasteiger partial charge in [-0.15, -0.1) is 0 Å². The van der Waals surface area contributed by atoms with Gasteiger partial charge >= 0.3 is 6.09 Å². The number of hydrogen-bond acceptors (Lipinski definition) is 7. The molecule has 2 amide bonds. The number of ketones is 1. The molecule has 3 rings (SSSR count). The van der Waals surface area contributed by atoms with Crippen LogP contribution in [0.3, 0.4) is 0 Å². The van der Waals surface area contributed by atoms with E-state index in [1.54, 1.807) is 18.3 Å². The van der Waals surface area contributed by atoms with Crippen molar-refractivity contribution in [3.63, 3.8) is 0 Å². The summed E-state index contributed by atoms with van der Waals surface area (Å²) in [6.07, 6.45) is 4.74. The maximum Gasteiger partial charge on any atom is 0.407 e. The van der Waals surface area contributed by atoms with Crippen LogP contribution in [0.1, 0.15) is 43.7 Å². The molecule has 2 aromatic heterocycles. The Labute approximate surface area is 214 Å². The lowest BCUT2D eigenvalue weighted by Crippen LogP contribution is -2.42. The van der Waals surface area contributed by atoms with Crippen LogP contribution in [0.2, 0.25) is 0 Å². The average molecular weight is 509 g/mol. The number of carbonyl (C=O) groups is 3. The van der Waals surface area contributed by atoms with Crippen LogP contribution in [0, 0.1) is 5.92 Å². The molecule has 0 radical (unpaired) electrons. The van der Waals surface area contributed by atoms with Crippen molar-refractivity contribution in [2.75, 3.05) is 7.11 Å². The highest BCUT2D eigenvalue weighted by Crippen LogP contribution is 2.22. The fourth-order valence-corrected chi connectivity index (χ4v) is 4.00. The molecule has 0 aliphatic rings. The molecule has 0 bridgehead atoms. The molecule has 0 aliphatic heterocycles. The zero-order valence-corrected chi connectivity index (χ0v) is 21.2. The molecule has 37 heavy (non-hydrogen) atoms. The Balaban J connectivity index is 1.78. The third kappa shape index (κ3) is 7.63. The number of aromatic nitrogens is 2. The first-order valence-corrected chi connectivity index (χ1v) is 12.1. The summed E-state index contributed by atoms with van der Waals surface area (Å²) in [5, 5.41) is 2.49. The van der Waals surface area contributed by atoms with Crippen molar-refractivity contribution in [1.82, 2.24) is 14.9 Å². The Morgan fingerprint density at radius 2 is 1.95 bits per heavy atom. The molecule has 0 spiro atoms. The first-order valence-electron chi connectivity index (χ1n) is 12.1. The maximum absolute atomic E-state index is 13.1. The standard InChI is InChI=1S/C27H32N4O6/c1-17(2)14-18-8-6-11-22-25(18)30-24(37-22)16-31-13-7-9-19(26(31)34)15-21(32)20(29-27(35)36-3)10-4-5-12-23(28)33/h5-9,11-13,17,20H,4,10,14-16H2,1-3H3,(H2,28,33)(H,29,35)/b12-5+/t20-/m0/s1. The number of para-hydroxylation sites is 1. The highest BCUT2D eigenvalue weighted by atomic mass is 16.5. The molecular formula is C27H32N4O6. The number of rotatable bonds is 12. The summed E-state index contributed by atoms with van der Waals surface area (Å²) in [5.74, 6) is -0.126. The Bertz CT molecular complexity index is 1350. The summed E-state index contributed by atoms with van der Waals surface area (Å²) in [6, 6.07) is 8.14. The van der Waals surface area contributed by atoms with E-state index in [2.05, 4.69) is 28.9 Å². The molecule has 0 saturated carbocycles. The maximum atomic E-state index is 13.1. The normalized spacial score (nSPS) is 12.2. The molecule has 2 heterocycles. The van der Waals surface area contributed by atoms with Crippen molar-refractivity contribution < 1.29 is 23.5 Å². The van der Waals surface area contributed by atoms with Crippen LogP contribution in [0.25, 0.3) is 11.1 Å². The van der Waals surface area contributed by atoms with Crippen molar-refractivity contribution in [3.05, 3.63) is 76.1 Å². The number of fused-ring (bicyclic) bond motifs is 1. The van der Waals surface area contributed by atoms with Crippen LogP contribution in [0.4, 0.5) is 4.79 Å². The largest absolute Gasteiger partial charge is 0.453 e. The number of pyridine rings is 1. The van der Waals surface area contributed by atoms with Crippen LogP contribution in [-0.4, -0.2) is 40.5 Å². The highest BCUT2D eigenvalue weighted by molar-refractivity contribution is 5.89.